The fourth-order valence-corrected chi connectivity index (χ4v) is 0.946. The number of ether oxygens (including phenoxy) is 2. The number of rotatable bonds is 9. The molecule has 0 aliphatic rings. The fraction of sp³-hybridized carbons (Fsp3) is 0.900. The molecule has 0 saturated carbocycles. The summed E-state index contributed by atoms with van der Waals surface area (Å²) in [7, 11) is 1.65. The molecular weight excluding hydrogens is 196 g/mol. The SMILES string of the molecule is COCCOCCCCNC(=O)[C@H](C)N. The normalized spacial score (nSPS) is 12.5. The van der Waals surface area contributed by atoms with Crippen molar-refractivity contribution in [3.8, 4) is 0 Å². The van der Waals surface area contributed by atoms with Crippen LogP contribution < -0.4 is 11.1 Å². The Morgan fingerprint density at radius 1 is 1.33 bits per heavy atom. The van der Waals surface area contributed by atoms with Gasteiger partial charge in [0.1, 0.15) is 0 Å². The molecule has 0 fully saturated rings. The maximum absolute atomic E-state index is 11.0. The predicted octanol–water partition coefficient (Wildman–Crippen LogP) is -0.107. The summed E-state index contributed by atoms with van der Waals surface area (Å²) in [5.74, 6) is -0.102. The zero-order valence-electron chi connectivity index (χ0n) is 9.62. The van der Waals surface area contributed by atoms with Gasteiger partial charge in [0.25, 0.3) is 0 Å². The van der Waals surface area contributed by atoms with Gasteiger partial charge >= 0.3 is 0 Å². The van der Waals surface area contributed by atoms with Crippen molar-refractivity contribution >= 4 is 5.91 Å². The van der Waals surface area contributed by atoms with Crippen LogP contribution >= 0.6 is 0 Å². The number of amides is 1. The summed E-state index contributed by atoms with van der Waals surface area (Å²) in [6.45, 7) is 4.29. The Bertz CT molecular complexity index is 163. The summed E-state index contributed by atoms with van der Waals surface area (Å²) < 4.78 is 10.1. The Morgan fingerprint density at radius 3 is 2.67 bits per heavy atom. The lowest BCUT2D eigenvalue weighted by Gasteiger charge is -2.07. The second-order valence-corrected chi connectivity index (χ2v) is 3.39. The molecule has 15 heavy (non-hydrogen) atoms. The minimum Gasteiger partial charge on any atom is -0.382 e. The van der Waals surface area contributed by atoms with Crippen LogP contribution in [0.1, 0.15) is 19.8 Å². The average molecular weight is 218 g/mol. The first-order chi connectivity index (χ1) is 7.18. The Labute approximate surface area is 91.3 Å². The lowest BCUT2D eigenvalue weighted by Crippen LogP contribution is -2.38. The van der Waals surface area contributed by atoms with Gasteiger partial charge in [-0.15, -0.1) is 0 Å². The van der Waals surface area contributed by atoms with Gasteiger partial charge in [-0.1, -0.05) is 0 Å². The highest BCUT2D eigenvalue weighted by Gasteiger charge is 2.04. The molecule has 0 saturated heterocycles. The minimum atomic E-state index is -0.428. The molecule has 0 bridgehead atoms. The first-order valence-corrected chi connectivity index (χ1v) is 5.28. The number of hydrogen-bond donors (Lipinski definition) is 2. The second kappa shape index (κ2) is 9.89. The van der Waals surface area contributed by atoms with Crippen molar-refractivity contribution in [2.24, 2.45) is 5.73 Å². The Morgan fingerprint density at radius 2 is 2.07 bits per heavy atom. The third-order valence-corrected chi connectivity index (χ3v) is 1.86. The molecular formula is C10H22N2O3. The molecule has 0 aliphatic heterocycles. The molecule has 1 atom stereocenters. The first kappa shape index (κ1) is 14.3. The number of carbonyl (C=O) groups excluding carboxylic acids is 1. The van der Waals surface area contributed by atoms with Gasteiger partial charge in [-0.2, -0.15) is 0 Å². The van der Waals surface area contributed by atoms with Gasteiger partial charge in [-0.05, 0) is 19.8 Å². The van der Waals surface area contributed by atoms with Crippen LogP contribution in [0.3, 0.4) is 0 Å². The van der Waals surface area contributed by atoms with Crippen molar-refractivity contribution in [1.82, 2.24) is 5.32 Å². The molecule has 0 unspecified atom stereocenters. The number of carbonyl (C=O) groups is 1. The summed E-state index contributed by atoms with van der Waals surface area (Å²) in [4.78, 5) is 11.0. The van der Waals surface area contributed by atoms with E-state index in [0.29, 0.717) is 26.4 Å². The van der Waals surface area contributed by atoms with Crippen molar-refractivity contribution in [3.05, 3.63) is 0 Å². The maximum atomic E-state index is 11.0. The average Bonchev–Trinajstić information content (AvgIpc) is 2.21. The number of methoxy groups -OCH3 is 1. The van der Waals surface area contributed by atoms with Crippen molar-refractivity contribution < 1.29 is 14.3 Å². The highest BCUT2D eigenvalue weighted by Crippen LogP contribution is 1.89. The third-order valence-electron chi connectivity index (χ3n) is 1.86. The van der Waals surface area contributed by atoms with E-state index >= 15 is 0 Å². The number of nitrogens with one attached hydrogen (secondary N) is 1. The van der Waals surface area contributed by atoms with E-state index in [1.807, 2.05) is 0 Å². The van der Waals surface area contributed by atoms with Crippen LogP contribution in [0.5, 0.6) is 0 Å². The molecule has 3 N–H and O–H groups in total. The number of nitrogens with two attached hydrogens (primary N) is 1. The summed E-state index contributed by atoms with van der Waals surface area (Å²) in [6.07, 6.45) is 1.84. The van der Waals surface area contributed by atoms with Crippen LogP contribution in [-0.4, -0.2) is 45.4 Å². The van der Waals surface area contributed by atoms with Gasteiger partial charge in [-0.3, -0.25) is 4.79 Å². The molecule has 0 radical (unpaired) electrons. The van der Waals surface area contributed by atoms with E-state index in [1.165, 1.54) is 0 Å². The van der Waals surface area contributed by atoms with Gasteiger partial charge in [0, 0.05) is 20.3 Å². The van der Waals surface area contributed by atoms with Gasteiger partial charge in [0.05, 0.1) is 19.3 Å². The lowest BCUT2D eigenvalue weighted by molar-refractivity contribution is -0.121. The highest BCUT2D eigenvalue weighted by molar-refractivity contribution is 5.80. The van der Waals surface area contributed by atoms with E-state index in [1.54, 1.807) is 14.0 Å². The third kappa shape index (κ3) is 9.65. The molecule has 1 amide bonds. The molecule has 0 aromatic heterocycles. The van der Waals surface area contributed by atoms with Crippen LogP contribution in [0.15, 0.2) is 0 Å². The number of unbranched alkanes of at least 4 members (excludes halogenated alkanes) is 1. The molecule has 90 valence electrons. The quantitative estimate of drug-likeness (QED) is 0.530. The fourth-order valence-electron chi connectivity index (χ4n) is 0.946. The first-order valence-electron chi connectivity index (χ1n) is 5.28. The van der Waals surface area contributed by atoms with Crippen LogP contribution in [0, 0.1) is 0 Å². The van der Waals surface area contributed by atoms with Gasteiger partial charge < -0.3 is 20.5 Å². The second-order valence-electron chi connectivity index (χ2n) is 3.39. The van der Waals surface area contributed by atoms with E-state index in [-0.39, 0.29) is 5.91 Å². The van der Waals surface area contributed by atoms with Crippen molar-refractivity contribution in [2.75, 3.05) is 33.5 Å². The minimum absolute atomic E-state index is 0.102. The molecule has 0 spiro atoms. The van der Waals surface area contributed by atoms with Gasteiger partial charge in [0.15, 0.2) is 0 Å². The summed E-state index contributed by atoms with van der Waals surface area (Å²) in [5, 5.41) is 2.74. The standard InChI is InChI=1S/C10H22N2O3/c1-9(11)10(13)12-5-3-4-6-15-8-7-14-2/h9H,3-8,11H2,1-2H3,(H,12,13)/t9-/m0/s1. The molecule has 0 aromatic carbocycles. The van der Waals surface area contributed by atoms with E-state index in [4.69, 9.17) is 15.2 Å². The van der Waals surface area contributed by atoms with E-state index in [2.05, 4.69) is 5.32 Å². The molecule has 0 aromatic rings. The van der Waals surface area contributed by atoms with E-state index in [9.17, 15) is 4.79 Å². The van der Waals surface area contributed by atoms with E-state index in [0.717, 1.165) is 12.8 Å². The number of hydrogen-bond acceptors (Lipinski definition) is 4. The molecule has 5 nitrogen and oxygen atoms in total. The van der Waals surface area contributed by atoms with Crippen molar-refractivity contribution in [3.63, 3.8) is 0 Å². The van der Waals surface area contributed by atoms with Crippen LogP contribution in [0.25, 0.3) is 0 Å². The maximum Gasteiger partial charge on any atom is 0.236 e. The van der Waals surface area contributed by atoms with Crippen LogP contribution in [0.4, 0.5) is 0 Å². The Hall–Kier alpha value is -0.650. The molecule has 0 heterocycles. The van der Waals surface area contributed by atoms with Crippen LogP contribution in [0.2, 0.25) is 0 Å². The topological polar surface area (TPSA) is 73.6 Å². The zero-order chi connectivity index (χ0) is 11.5. The molecule has 0 rings (SSSR count). The lowest BCUT2D eigenvalue weighted by atomic mass is 10.3. The summed E-state index contributed by atoms with van der Waals surface area (Å²) in [6, 6.07) is -0.428. The summed E-state index contributed by atoms with van der Waals surface area (Å²) >= 11 is 0. The zero-order valence-corrected chi connectivity index (χ0v) is 9.62. The van der Waals surface area contributed by atoms with Crippen LogP contribution in [-0.2, 0) is 14.3 Å². The van der Waals surface area contributed by atoms with Crippen molar-refractivity contribution in [1.29, 1.82) is 0 Å². The summed E-state index contributed by atoms with van der Waals surface area (Å²) in [5.41, 5.74) is 5.38. The Balaban J connectivity index is 3.08. The monoisotopic (exact) mass is 218 g/mol. The van der Waals surface area contributed by atoms with Crippen molar-refractivity contribution in [2.45, 2.75) is 25.8 Å². The van der Waals surface area contributed by atoms with Gasteiger partial charge in [-0.25, -0.2) is 0 Å². The molecule has 5 heteroatoms. The Kier molecular flexibility index (Phi) is 9.46. The largest absolute Gasteiger partial charge is 0.382 e. The van der Waals surface area contributed by atoms with Gasteiger partial charge in [0.2, 0.25) is 5.91 Å². The predicted molar refractivity (Wildman–Crippen MR) is 58.6 cm³/mol. The molecule has 0 aliphatic carbocycles. The van der Waals surface area contributed by atoms with E-state index < -0.39 is 6.04 Å². The highest BCUT2D eigenvalue weighted by atomic mass is 16.5. The smallest absolute Gasteiger partial charge is 0.236 e.